The standard InChI is InChI=1S/C9H21NO/c1-4-7-8(10)9(11,5-2)6-3/h8,11H,4-7,10H2,1-3H3. The molecule has 0 bridgehead atoms. The number of aliphatic hydroxyl groups is 1. The Hall–Kier alpha value is -0.0800. The summed E-state index contributed by atoms with van der Waals surface area (Å²) in [5, 5.41) is 9.90. The zero-order chi connectivity index (χ0) is 8.91. The van der Waals surface area contributed by atoms with Crippen molar-refractivity contribution >= 4 is 0 Å². The topological polar surface area (TPSA) is 46.2 Å². The minimum atomic E-state index is -0.629. The van der Waals surface area contributed by atoms with Crippen molar-refractivity contribution in [1.29, 1.82) is 0 Å². The molecule has 2 heteroatoms. The summed E-state index contributed by atoms with van der Waals surface area (Å²) in [4.78, 5) is 0. The average molecular weight is 159 g/mol. The molecule has 0 spiro atoms. The van der Waals surface area contributed by atoms with E-state index in [0.717, 1.165) is 25.7 Å². The molecule has 0 aliphatic heterocycles. The van der Waals surface area contributed by atoms with E-state index in [-0.39, 0.29) is 6.04 Å². The SMILES string of the molecule is CCCC(N)C(O)(CC)CC. The van der Waals surface area contributed by atoms with Gasteiger partial charge in [-0.2, -0.15) is 0 Å². The van der Waals surface area contributed by atoms with E-state index in [2.05, 4.69) is 6.92 Å². The highest BCUT2D eigenvalue weighted by Gasteiger charge is 2.29. The second kappa shape index (κ2) is 4.73. The van der Waals surface area contributed by atoms with E-state index in [0.29, 0.717) is 0 Å². The van der Waals surface area contributed by atoms with E-state index in [1.165, 1.54) is 0 Å². The third-order valence-corrected chi connectivity index (χ3v) is 2.51. The van der Waals surface area contributed by atoms with Gasteiger partial charge >= 0.3 is 0 Å². The summed E-state index contributed by atoms with van der Waals surface area (Å²) in [6.45, 7) is 6.06. The average Bonchev–Trinajstić information content (AvgIpc) is 2.03. The number of nitrogens with two attached hydrogens (primary N) is 1. The van der Waals surface area contributed by atoms with Crippen molar-refractivity contribution in [3.05, 3.63) is 0 Å². The summed E-state index contributed by atoms with van der Waals surface area (Å²) in [5.74, 6) is 0. The van der Waals surface area contributed by atoms with Crippen LogP contribution in [0.3, 0.4) is 0 Å². The van der Waals surface area contributed by atoms with Crippen molar-refractivity contribution in [3.63, 3.8) is 0 Å². The summed E-state index contributed by atoms with van der Waals surface area (Å²) in [5.41, 5.74) is 5.20. The van der Waals surface area contributed by atoms with Gasteiger partial charge in [0.25, 0.3) is 0 Å². The molecule has 0 aromatic carbocycles. The molecule has 0 amide bonds. The Morgan fingerprint density at radius 1 is 1.27 bits per heavy atom. The minimum absolute atomic E-state index is 0.0532. The fourth-order valence-corrected chi connectivity index (χ4v) is 1.35. The van der Waals surface area contributed by atoms with Crippen molar-refractivity contribution < 1.29 is 5.11 Å². The summed E-state index contributed by atoms with van der Waals surface area (Å²) < 4.78 is 0. The number of hydrogen-bond acceptors (Lipinski definition) is 2. The van der Waals surface area contributed by atoms with E-state index in [4.69, 9.17) is 5.73 Å². The van der Waals surface area contributed by atoms with Gasteiger partial charge < -0.3 is 10.8 Å². The predicted molar refractivity (Wildman–Crippen MR) is 48.4 cm³/mol. The second-order valence-electron chi connectivity index (χ2n) is 3.21. The smallest absolute Gasteiger partial charge is 0.0792 e. The summed E-state index contributed by atoms with van der Waals surface area (Å²) >= 11 is 0. The van der Waals surface area contributed by atoms with Crippen LogP contribution in [-0.4, -0.2) is 16.7 Å². The molecule has 0 saturated carbocycles. The Morgan fingerprint density at radius 3 is 2.00 bits per heavy atom. The maximum absolute atomic E-state index is 9.90. The molecule has 0 fully saturated rings. The molecule has 0 aromatic heterocycles. The quantitative estimate of drug-likeness (QED) is 0.641. The van der Waals surface area contributed by atoms with Crippen molar-refractivity contribution in [2.45, 2.75) is 58.1 Å². The third-order valence-electron chi connectivity index (χ3n) is 2.51. The van der Waals surface area contributed by atoms with Crippen molar-refractivity contribution in [1.82, 2.24) is 0 Å². The van der Waals surface area contributed by atoms with Gasteiger partial charge in [-0.15, -0.1) is 0 Å². The molecule has 0 aliphatic rings. The lowest BCUT2D eigenvalue weighted by atomic mass is 9.87. The van der Waals surface area contributed by atoms with Crippen LogP contribution < -0.4 is 5.73 Å². The highest BCUT2D eigenvalue weighted by Crippen LogP contribution is 2.20. The van der Waals surface area contributed by atoms with Gasteiger partial charge in [-0.1, -0.05) is 27.2 Å². The van der Waals surface area contributed by atoms with Crippen LogP contribution in [-0.2, 0) is 0 Å². The summed E-state index contributed by atoms with van der Waals surface area (Å²) in [7, 11) is 0. The molecule has 0 saturated heterocycles. The highest BCUT2D eigenvalue weighted by atomic mass is 16.3. The number of hydrogen-bond donors (Lipinski definition) is 2. The largest absolute Gasteiger partial charge is 0.388 e. The lowest BCUT2D eigenvalue weighted by Gasteiger charge is -2.31. The van der Waals surface area contributed by atoms with Crippen LogP contribution >= 0.6 is 0 Å². The van der Waals surface area contributed by atoms with Crippen molar-refractivity contribution in [2.75, 3.05) is 0 Å². The van der Waals surface area contributed by atoms with E-state index in [9.17, 15) is 5.11 Å². The molecule has 3 N–H and O–H groups in total. The van der Waals surface area contributed by atoms with E-state index in [1.54, 1.807) is 0 Å². The monoisotopic (exact) mass is 159 g/mol. The molecular weight excluding hydrogens is 138 g/mol. The first-order valence-corrected chi connectivity index (χ1v) is 4.58. The molecule has 0 aliphatic carbocycles. The van der Waals surface area contributed by atoms with Crippen LogP contribution in [0.25, 0.3) is 0 Å². The molecule has 0 radical (unpaired) electrons. The predicted octanol–water partition coefficient (Wildman–Crippen LogP) is 1.66. The van der Waals surface area contributed by atoms with Gasteiger partial charge in [0.15, 0.2) is 0 Å². The fourth-order valence-electron chi connectivity index (χ4n) is 1.35. The van der Waals surface area contributed by atoms with Crippen LogP contribution in [0.5, 0.6) is 0 Å². The van der Waals surface area contributed by atoms with Gasteiger partial charge in [0, 0.05) is 6.04 Å². The van der Waals surface area contributed by atoms with Crippen LogP contribution in [0, 0.1) is 0 Å². The van der Waals surface area contributed by atoms with Crippen LogP contribution in [0.4, 0.5) is 0 Å². The first kappa shape index (κ1) is 10.9. The van der Waals surface area contributed by atoms with Gasteiger partial charge in [-0.05, 0) is 19.3 Å². The molecule has 1 atom stereocenters. The zero-order valence-electron chi connectivity index (χ0n) is 7.93. The van der Waals surface area contributed by atoms with Crippen LogP contribution in [0.15, 0.2) is 0 Å². The Labute approximate surface area is 69.8 Å². The molecule has 11 heavy (non-hydrogen) atoms. The van der Waals surface area contributed by atoms with E-state index in [1.807, 2.05) is 13.8 Å². The fraction of sp³-hybridized carbons (Fsp3) is 1.00. The van der Waals surface area contributed by atoms with Crippen LogP contribution in [0.2, 0.25) is 0 Å². The van der Waals surface area contributed by atoms with Gasteiger partial charge in [0.1, 0.15) is 0 Å². The molecule has 0 rings (SSSR count). The molecule has 68 valence electrons. The van der Waals surface area contributed by atoms with Gasteiger partial charge in [0.2, 0.25) is 0 Å². The minimum Gasteiger partial charge on any atom is -0.388 e. The maximum atomic E-state index is 9.90. The lowest BCUT2D eigenvalue weighted by Crippen LogP contribution is -2.46. The summed E-state index contributed by atoms with van der Waals surface area (Å²) in [6, 6.07) is -0.0532. The number of rotatable bonds is 5. The lowest BCUT2D eigenvalue weighted by molar-refractivity contribution is 0.00382. The van der Waals surface area contributed by atoms with E-state index >= 15 is 0 Å². The van der Waals surface area contributed by atoms with E-state index < -0.39 is 5.60 Å². The second-order valence-corrected chi connectivity index (χ2v) is 3.21. The Morgan fingerprint density at radius 2 is 1.73 bits per heavy atom. The molecule has 2 nitrogen and oxygen atoms in total. The first-order valence-electron chi connectivity index (χ1n) is 4.58. The van der Waals surface area contributed by atoms with Gasteiger partial charge in [0.05, 0.1) is 5.60 Å². The molecule has 0 aromatic rings. The van der Waals surface area contributed by atoms with Crippen LogP contribution in [0.1, 0.15) is 46.5 Å². The summed E-state index contributed by atoms with van der Waals surface area (Å²) in [6.07, 6.45) is 3.47. The highest BCUT2D eigenvalue weighted by molar-refractivity contribution is 4.86. The van der Waals surface area contributed by atoms with Crippen molar-refractivity contribution in [2.24, 2.45) is 5.73 Å². The third kappa shape index (κ3) is 2.80. The van der Waals surface area contributed by atoms with Gasteiger partial charge in [-0.3, -0.25) is 0 Å². The van der Waals surface area contributed by atoms with Crippen molar-refractivity contribution in [3.8, 4) is 0 Å². The molecule has 1 unspecified atom stereocenters. The van der Waals surface area contributed by atoms with Gasteiger partial charge in [-0.25, -0.2) is 0 Å². The maximum Gasteiger partial charge on any atom is 0.0792 e. The first-order chi connectivity index (χ1) is 5.10. The molecule has 0 heterocycles. The Bertz CT molecular complexity index is 99.7. The Kier molecular flexibility index (Phi) is 4.69. The normalized spacial score (nSPS) is 15.0. The Balaban J connectivity index is 4.00. The zero-order valence-corrected chi connectivity index (χ0v) is 7.93. The molecular formula is C9H21NO.